The summed E-state index contributed by atoms with van der Waals surface area (Å²) in [6.45, 7) is 6.03. The monoisotopic (exact) mass is 244 g/mol. The zero-order chi connectivity index (χ0) is 13.1. The highest BCUT2D eigenvalue weighted by Gasteiger charge is 2.16. The lowest BCUT2D eigenvalue weighted by molar-refractivity contribution is 0.0949. The number of hydrogen-bond donors (Lipinski definition) is 1. The quantitative estimate of drug-likeness (QED) is 0.902. The second-order valence-corrected chi connectivity index (χ2v) is 4.37. The van der Waals surface area contributed by atoms with Crippen LogP contribution in [-0.2, 0) is 6.54 Å². The summed E-state index contributed by atoms with van der Waals surface area (Å²) in [6, 6.07) is 8.04. The van der Waals surface area contributed by atoms with Crippen LogP contribution in [0.25, 0.3) is 0 Å². The molecule has 4 nitrogen and oxygen atoms in total. The van der Waals surface area contributed by atoms with Crippen LogP contribution in [0.4, 0.5) is 0 Å². The van der Waals surface area contributed by atoms with E-state index >= 15 is 0 Å². The summed E-state index contributed by atoms with van der Waals surface area (Å²) in [4.78, 5) is 12.0. The van der Waals surface area contributed by atoms with Gasteiger partial charge in [0.2, 0.25) is 0 Å². The van der Waals surface area contributed by atoms with Gasteiger partial charge in [0.1, 0.15) is 11.3 Å². The Bertz CT molecular complexity index is 553. The first-order chi connectivity index (χ1) is 8.58. The number of nitrogens with zero attached hydrogens (tertiary/aromatic N) is 1. The van der Waals surface area contributed by atoms with Crippen molar-refractivity contribution in [2.75, 3.05) is 0 Å². The number of carbonyl (C=O) groups excluding carboxylic acids is 1. The SMILES string of the molecule is Cc1cccc(CNC(=O)c2c(C)noc2C)c1. The third-order valence-electron chi connectivity index (χ3n) is 2.80. The van der Waals surface area contributed by atoms with Gasteiger partial charge in [0.05, 0.1) is 5.69 Å². The molecule has 1 aromatic heterocycles. The molecule has 0 aliphatic heterocycles. The molecule has 0 atom stereocenters. The van der Waals surface area contributed by atoms with Crippen LogP contribution in [0.3, 0.4) is 0 Å². The second kappa shape index (κ2) is 5.04. The highest BCUT2D eigenvalue weighted by atomic mass is 16.5. The molecule has 0 unspecified atom stereocenters. The van der Waals surface area contributed by atoms with Crippen LogP contribution in [0.15, 0.2) is 28.8 Å². The Morgan fingerprint density at radius 2 is 2.11 bits per heavy atom. The highest BCUT2D eigenvalue weighted by molar-refractivity contribution is 5.95. The van der Waals surface area contributed by atoms with E-state index < -0.39 is 0 Å². The zero-order valence-corrected chi connectivity index (χ0v) is 10.8. The Morgan fingerprint density at radius 1 is 1.33 bits per heavy atom. The zero-order valence-electron chi connectivity index (χ0n) is 10.8. The predicted molar refractivity (Wildman–Crippen MR) is 68.3 cm³/mol. The van der Waals surface area contributed by atoms with Gasteiger partial charge < -0.3 is 9.84 Å². The lowest BCUT2D eigenvalue weighted by Gasteiger charge is -2.05. The van der Waals surface area contributed by atoms with E-state index in [0.29, 0.717) is 23.6 Å². The van der Waals surface area contributed by atoms with E-state index in [9.17, 15) is 4.79 Å². The van der Waals surface area contributed by atoms with Crippen LogP contribution in [0.5, 0.6) is 0 Å². The van der Waals surface area contributed by atoms with Gasteiger partial charge in [-0.15, -0.1) is 0 Å². The van der Waals surface area contributed by atoms with Crippen LogP contribution in [0.2, 0.25) is 0 Å². The molecular formula is C14H16N2O2. The van der Waals surface area contributed by atoms with Crippen molar-refractivity contribution in [1.29, 1.82) is 0 Å². The summed E-state index contributed by atoms with van der Waals surface area (Å²) in [6.07, 6.45) is 0. The fourth-order valence-corrected chi connectivity index (χ4v) is 1.90. The largest absolute Gasteiger partial charge is 0.361 e. The maximum absolute atomic E-state index is 12.0. The smallest absolute Gasteiger partial charge is 0.257 e. The minimum atomic E-state index is -0.146. The van der Waals surface area contributed by atoms with Crippen molar-refractivity contribution in [1.82, 2.24) is 10.5 Å². The van der Waals surface area contributed by atoms with Crippen LogP contribution in [-0.4, -0.2) is 11.1 Å². The Morgan fingerprint density at radius 3 is 2.72 bits per heavy atom. The second-order valence-electron chi connectivity index (χ2n) is 4.37. The van der Waals surface area contributed by atoms with E-state index in [4.69, 9.17) is 4.52 Å². The molecule has 0 spiro atoms. The lowest BCUT2D eigenvalue weighted by Crippen LogP contribution is -2.23. The Balaban J connectivity index is 2.05. The number of amides is 1. The number of nitrogens with one attached hydrogen (secondary N) is 1. The minimum Gasteiger partial charge on any atom is -0.361 e. The molecule has 1 aromatic carbocycles. The van der Waals surface area contributed by atoms with E-state index in [1.54, 1.807) is 13.8 Å². The van der Waals surface area contributed by atoms with Crippen molar-refractivity contribution in [2.24, 2.45) is 0 Å². The average molecular weight is 244 g/mol. The van der Waals surface area contributed by atoms with Crippen molar-refractivity contribution in [2.45, 2.75) is 27.3 Å². The molecule has 1 N–H and O–H groups in total. The van der Waals surface area contributed by atoms with Crippen molar-refractivity contribution in [3.8, 4) is 0 Å². The van der Waals surface area contributed by atoms with Gasteiger partial charge in [-0.25, -0.2) is 0 Å². The van der Waals surface area contributed by atoms with Crippen molar-refractivity contribution in [3.63, 3.8) is 0 Å². The molecule has 0 aliphatic rings. The normalized spacial score (nSPS) is 10.4. The minimum absolute atomic E-state index is 0.146. The van der Waals surface area contributed by atoms with Crippen molar-refractivity contribution in [3.05, 3.63) is 52.4 Å². The first-order valence-electron chi connectivity index (χ1n) is 5.84. The fourth-order valence-electron chi connectivity index (χ4n) is 1.90. The van der Waals surface area contributed by atoms with Gasteiger partial charge in [0.25, 0.3) is 5.91 Å². The molecule has 2 rings (SSSR count). The third-order valence-corrected chi connectivity index (χ3v) is 2.80. The van der Waals surface area contributed by atoms with E-state index in [0.717, 1.165) is 5.56 Å². The third kappa shape index (κ3) is 2.59. The summed E-state index contributed by atoms with van der Waals surface area (Å²) in [5.41, 5.74) is 3.41. The number of hydrogen-bond acceptors (Lipinski definition) is 3. The van der Waals surface area contributed by atoms with Crippen LogP contribution in [0.1, 0.15) is 32.9 Å². The summed E-state index contributed by atoms with van der Waals surface area (Å²) in [5.74, 6) is 0.405. The maximum Gasteiger partial charge on any atom is 0.257 e. The Kier molecular flexibility index (Phi) is 3.46. The summed E-state index contributed by atoms with van der Waals surface area (Å²) < 4.78 is 4.98. The van der Waals surface area contributed by atoms with Crippen molar-refractivity contribution < 1.29 is 9.32 Å². The molecule has 1 heterocycles. The summed E-state index contributed by atoms with van der Waals surface area (Å²) in [7, 11) is 0. The van der Waals surface area contributed by atoms with Crippen LogP contribution < -0.4 is 5.32 Å². The molecule has 18 heavy (non-hydrogen) atoms. The van der Waals surface area contributed by atoms with Crippen LogP contribution in [0, 0.1) is 20.8 Å². The molecule has 0 saturated heterocycles. The molecular weight excluding hydrogens is 228 g/mol. The Hall–Kier alpha value is -2.10. The first kappa shape index (κ1) is 12.4. The van der Waals surface area contributed by atoms with Crippen LogP contribution >= 0.6 is 0 Å². The molecule has 0 radical (unpaired) electrons. The van der Waals surface area contributed by atoms with Gasteiger partial charge in [0.15, 0.2) is 0 Å². The van der Waals surface area contributed by atoms with Gasteiger partial charge in [-0.05, 0) is 26.3 Å². The maximum atomic E-state index is 12.0. The number of aromatic nitrogens is 1. The molecule has 94 valence electrons. The lowest BCUT2D eigenvalue weighted by atomic mass is 10.1. The predicted octanol–water partition coefficient (Wildman–Crippen LogP) is 2.53. The van der Waals surface area contributed by atoms with Gasteiger partial charge >= 0.3 is 0 Å². The van der Waals surface area contributed by atoms with Crippen molar-refractivity contribution >= 4 is 5.91 Å². The fraction of sp³-hybridized carbons (Fsp3) is 0.286. The Labute approximate surface area is 106 Å². The van der Waals surface area contributed by atoms with Gasteiger partial charge in [0, 0.05) is 6.54 Å². The van der Waals surface area contributed by atoms with Gasteiger partial charge in [-0.2, -0.15) is 0 Å². The molecule has 0 aliphatic carbocycles. The molecule has 1 amide bonds. The van der Waals surface area contributed by atoms with Gasteiger partial charge in [-0.1, -0.05) is 35.0 Å². The highest BCUT2D eigenvalue weighted by Crippen LogP contribution is 2.12. The van der Waals surface area contributed by atoms with Gasteiger partial charge in [-0.3, -0.25) is 4.79 Å². The van der Waals surface area contributed by atoms with E-state index in [1.165, 1.54) is 5.56 Å². The number of aryl methyl sites for hydroxylation is 3. The molecule has 4 heteroatoms. The summed E-state index contributed by atoms with van der Waals surface area (Å²) in [5, 5.41) is 6.64. The molecule has 0 fully saturated rings. The standard InChI is InChI=1S/C14H16N2O2/c1-9-5-4-6-12(7-9)8-15-14(17)13-10(2)16-18-11(13)3/h4-7H,8H2,1-3H3,(H,15,17). The number of carbonyl (C=O) groups is 1. The van der Waals surface area contributed by atoms with E-state index in [2.05, 4.69) is 10.5 Å². The summed E-state index contributed by atoms with van der Waals surface area (Å²) >= 11 is 0. The van der Waals surface area contributed by atoms with E-state index in [-0.39, 0.29) is 5.91 Å². The molecule has 0 bridgehead atoms. The average Bonchev–Trinajstić information content (AvgIpc) is 2.66. The van der Waals surface area contributed by atoms with E-state index in [1.807, 2.05) is 31.2 Å². The molecule has 2 aromatic rings. The number of rotatable bonds is 3. The molecule has 0 saturated carbocycles. The number of benzene rings is 1. The first-order valence-corrected chi connectivity index (χ1v) is 5.84. The topological polar surface area (TPSA) is 55.1 Å².